The monoisotopic (exact) mass is 177 g/mol. The summed E-state index contributed by atoms with van der Waals surface area (Å²) < 4.78 is 5.49. The van der Waals surface area contributed by atoms with Crippen LogP contribution in [-0.4, -0.2) is 17.4 Å². The highest BCUT2D eigenvalue weighted by molar-refractivity contribution is 5.56. The molecule has 2 heterocycles. The van der Waals surface area contributed by atoms with Crippen molar-refractivity contribution in [3.8, 4) is 0 Å². The fourth-order valence-corrected chi connectivity index (χ4v) is 1.57. The van der Waals surface area contributed by atoms with E-state index in [0.29, 0.717) is 0 Å². The highest BCUT2D eigenvalue weighted by atomic mass is 16.5. The van der Waals surface area contributed by atoms with Crippen LogP contribution in [0.1, 0.15) is 24.5 Å². The number of aromatic nitrogens is 1. The molecule has 0 radical (unpaired) electrons. The average molecular weight is 177 g/mol. The number of ether oxygens (including phenoxy) is 1. The van der Waals surface area contributed by atoms with Gasteiger partial charge in [0.05, 0.1) is 6.10 Å². The molecule has 1 fully saturated rings. The molecule has 0 bridgehead atoms. The minimum atomic E-state index is -0.217. The van der Waals surface area contributed by atoms with Crippen molar-refractivity contribution in [2.24, 2.45) is 0 Å². The first-order chi connectivity index (χ1) is 6.40. The van der Waals surface area contributed by atoms with Gasteiger partial charge in [0.1, 0.15) is 12.4 Å². The zero-order valence-electron chi connectivity index (χ0n) is 7.22. The van der Waals surface area contributed by atoms with E-state index in [2.05, 4.69) is 4.98 Å². The van der Waals surface area contributed by atoms with Crippen LogP contribution in [0.3, 0.4) is 0 Å². The number of carbonyl (C=O) groups is 1. The van der Waals surface area contributed by atoms with Gasteiger partial charge in [-0.15, -0.1) is 0 Å². The molecule has 0 spiro atoms. The predicted octanol–water partition coefficient (Wildman–Crippen LogP) is 1.50. The molecule has 1 aliphatic heterocycles. The minimum absolute atomic E-state index is 0.0592. The molecule has 1 aromatic heterocycles. The van der Waals surface area contributed by atoms with Crippen LogP contribution in [-0.2, 0) is 9.53 Å². The largest absolute Gasteiger partial charge is 0.363 e. The van der Waals surface area contributed by atoms with Gasteiger partial charge in [0.15, 0.2) is 0 Å². The van der Waals surface area contributed by atoms with Crippen LogP contribution < -0.4 is 0 Å². The maximum absolute atomic E-state index is 10.4. The first kappa shape index (κ1) is 8.38. The van der Waals surface area contributed by atoms with Crippen LogP contribution in [0.25, 0.3) is 0 Å². The van der Waals surface area contributed by atoms with Crippen LogP contribution >= 0.6 is 0 Å². The summed E-state index contributed by atoms with van der Waals surface area (Å²) in [5.74, 6) is 0. The van der Waals surface area contributed by atoms with Crippen molar-refractivity contribution in [2.45, 2.75) is 25.0 Å². The topological polar surface area (TPSA) is 39.2 Å². The Morgan fingerprint density at radius 2 is 2.46 bits per heavy atom. The predicted molar refractivity (Wildman–Crippen MR) is 47.1 cm³/mol. The summed E-state index contributed by atoms with van der Waals surface area (Å²) in [7, 11) is 0. The van der Waals surface area contributed by atoms with Gasteiger partial charge in [-0.3, -0.25) is 4.98 Å². The van der Waals surface area contributed by atoms with Crippen molar-refractivity contribution >= 4 is 6.29 Å². The van der Waals surface area contributed by atoms with E-state index in [4.69, 9.17) is 4.74 Å². The van der Waals surface area contributed by atoms with Crippen molar-refractivity contribution in [2.75, 3.05) is 0 Å². The van der Waals surface area contributed by atoms with Crippen molar-refractivity contribution < 1.29 is 9.53 Å². The third kappa shape index (κ3) is 1.75. The molecule has 13 heavy (non-hydrogen) atoms. The standard InChI is InChI=1S/C10H11NO2/c12-7-9-3-4-10(13-9)8-2-1-5-11-6-8/h1-2,5-7,9-10H,3-4H2/t9?,10-/m0/s1. The van der Waals surface area contributed by atoms with Gasteiger partial charge >= 0.3 is 0 Å². The average Bonchev–Trinajstić information content (AvgIpc) is 2.67. The number of pyridine rings is 1. The Balaban J connectivity index is 2.08. The molecule has 2 atom stereocenters. The number of rotatable bonds is 2. The normalized spacial score (nSPS) is 27.4. The molecule has 3 nitrogen and oxygen atoms in total. The molecule has 2 rings (SSSR count). The minimum Gasteiger partial charge on any atom is -0.363 e. The SMILES string of the molecule is O=CC1CC[C@@H](c2cccnc2)O1. The van der Waals surface area contributed by atoms with Gasteiger partial charge in [0.25, 0.3) is 0 Å². The van der Waals surface area contributed by atoms with Crippen molar-refractivity contribution in [3.05, 3.63) is 30.1 Å². The van der Waals surface area contributed by atoms with Gasteiger partial charge in [0, 0.05) is 12.4 Å². The fourth-order valence-electron chi connectivity index (χ4n) is 1.57. The summed E-state index contributed by atoms with van der Waals surface area (Å²) in [4.78, 5) is 14.5. The van der Waals surface area contributed by atoms with E-state index in [1.807, 2.05) is 12.1 Å². The van der Waals surface area contributed by atoms with Crippen LogP contribution in [0.5, 0.6) is 0 Å². The summed E-state index contributed by atoms with van der Waals surface area (Å²) >= 11 is 0. The lowest BCUT2D eigenvalue weighted by atomic mass is 10.1. The van der Waals surface area contributed by atoms with E-state index in [1.54, 1.807) is 12.4 Å². The molecule has 1 aliphatic rings. The summed E-state index contributed by atoms with van der Waals surface area (Å²) in [6, 6.07) is 3.86. The van der Waals surface area contributed by atoms with Crippen molar-refractivity contribution in [1.29, 1.82) is 0 Å². The van der Waals surface area contributed by atoms with E-state index in [9.17, 15) is 4.79 Å². The first-order valence-corrected chi connectivity index (χ1v) is 4.41. The van der Waals surface area contributed by atoms with Gasteiger partial charge < -0.3 is 9.53 Å². The zero-order chi connectivity index (χ0) is 9.10. The maximum atomic E-state index is 10.4. The number of carbonyl (C=O) groups excluding carboxylic acids is 1. The second-order valence-corrected chi connectivity index (χ2v) is 3.16. The van der Waals surface area contributed by atoms with Crippen LogP contribution in [0, 0.1) is 0 Å². The molecule has 3 heteroatoms. The van der Waals surface area contributed by atoms with Gasteiger partial charge in [0.2, 0.25) is 0 Å². The molecule has 68 valence electrons. The molecule has 1 saturated heterocycles. The van der Waals surface area contributed by atoms with Crippen molar-refractivity contribution in [1.82, 2.24) is 4.98 Å². The Labute approximate surface area is 76.7 Å². The van der Waals surface area contributed by atoms with E-state index in [0.717, 1.165) is 24.7 Å². The summed E-state index contributed by atoms with van der Waals surface area (Å²) in [5.41, 5.74) is 1.06. The Morgan fingerprint density at radius 3 is 3.08 bits per heavy atom. The number of hydrogen-bond donors (Lipinski definition) is 0. The Kier molecular flexibility index (Phi) is 2.36. The van der Waals surface area contributed by atoms with Gasteiger partial charge in [-0.25, -0.2) is 0 Å². The molecule has 0 saturated carbocycles. The highest BCUT2D eigenvalue weighted by Gasteiger charge is 2.25. The van der Waals surface area contributed by atoms with Crippen LogP contribution in [0.15, 0.2) is 24.5 Å². The smallest absolute Gasteiger partial charge is 0.148 e. The zero-order valence-corrected chi connectivity index (χ0v) is 7.22. The van der Waals surface area contributed by atoms with Gasteiger partial charge in [-0.1, -0.05) is 6.07 Å². The van der Waals surface area contributed by atoms with Gasteiger partial charge in [-0.05, 0) is 24.5 Å². The third-order valence-corrected chi connectivity index (χ3v) is 2.26. The number of aldehydes is 1. The Bertz CT molecular complexity index is 286. The summed E-state index contributed by atoms with van der Waals surface area (Å²) in [5, 5.41) is 0. The quantitative estimate of drug-likeness (QED) is 0.642. The molecule has 0 aromatic carbocycles. The van der Waals surface area contributed by atoms with E-state index in [1.165, 1.54) is 0 Å². The second kappa shape index (κ2) is 3.66. The second-order valence-electron chi connectivity index (χ2n) is 3.16. The third-order valence-electron chi connectivity index (χ3n) is 2.26. The number of hydrogen-bond acceptors (Lipinski definition) is 3. The Hall–Kier alpha value is -1.22. The molecule has 0 aliphatic carbocycles. The molecular formula is C10H11NO2. The Morgan fingerprint density at radius 1 is 1.54 bits per heavy atom. The van der Waals surface area contributed by atoms with E-state index < -0.39 is 0 Å². The summed E-state index contributed by atoms with van der Waals surface area (Å²) in [6.45, 7) is 0. The lowest BCUT2D eigenvalue weighted by molar-refractivity contribution is -0.117. The lowest BCUT2D eigenvalue weighted by Crippen LogP contribution is -2.07. The lowest BCUT2D eigenvalue weighted by Gasteiger charge is -2.09. The maximum Gasteiger partial charge on any atom is 0.148 e. The van der Waals surface area contributed by atoms with E-state index in [-0.39, 0.29) is 12.2 Å². The number of nitrogens with zero attached hydrogens (tertiary/aromatic N) is 1. The molecule has 0 amide bonds. The first-order valence-electron chi connectivity index (χ1n) is 4.41. The van der Waals surface area contributed by atoms with Crippen molar-refractivity contribution in [3.63, 3.8) is 0 Å². The summed E-state index contributed by atoms with van der Waals surface area (Å²) in [6.07, 6.45) is 5.97. The van der Waals surface area contributed by atoms with Crippen LogP contribution in [0.2, 0.25) is 0 Å². The molecular weight excluding hydrogens is 166 g/mol. The van der Waals surface area contributed by atoms with E-state index >= 15 is 0 Å². The highest BCUT2D eigenvalue weighted by Crippen LogP contribution is 2.31. The van der Waals surface area contributed by atoms with Gasteiger partial charge in [-0.2, -0.15) is 0 Å². The fraction of sp³-hybridized carbons (Fsp3) is 0.400. The van der Waals surface area contributed by atoms with Crippen LogP contribution in [0.4, 0.5) is 0 Å². The molecule has 1 unspecified atom stereocenters. The molecule has 1 aromatic rings. The molecule has 0 N–H and O–H groups in total.